The topological polar surface area (TPSA) is 12.0 Å². The number of nitrogens with one attached hydrogen (secondary N) is 1. The molecule has 0 heterocycles. The maximum absolute atomic E-state index is 13.0. The maximum atomic E-state index is 13.0. The standard InChI is InChI=1S/C9H10ClF2N/c10-3-4-13-6-7-1-2-8(11)5-9(7)12/h1-2,5,13H,3-4,6H2. The van der Waals surface area contributed by atoms with Gasteiger partial charge in [-0.2, -0.15) is 0 Å². The van der Waals surface area contributed by atoms with Gasteiger partial charge in [0.2, 0.25) is 0 Å². The van der Waals surface area contributed by atoms with Crippen LogP contribution in [0.1, 0.15) is 5.56 Å². The minimum absolute atomic E-state index is 0.374. The van der Waals surface area contributed by atoms with Crippen molar-refractivity contribution in [3.05, 3.63) is 35.4 Å². The summed E-state index contributed by atoms with van der Waals surface area (Å²) in [7, 11) is 0. The fourth-order valence-corrected chi connectivity index (χ4v) is 1.09. The Morgan fingerprint density at radius 1 is 1.31 bits per heavy atom. The molecule has 0 fully saturated rings. The Balaban J connectivity index is 2.56. The molecule has 0 aromatic heterocycles. The van der Waals surface area contributed by atoms with E-state index in [9.17, 15) is 8.78 Å². The van der Waals surface area contributed by atoms with Gasteiger partial charge in [-0.1, -0.05) is 6.07 Å². The summed E-state index contributed by atoms with van der Waals surface area (Å²) in [6, 6.07) is 3.53. The van der Waals surface area contributed by atoms with Crippen molar-refractivity contribution in [2.24, 2.45) is 0 Å². The summed E-state index contributed by atoms with van der Waals surface area (Å²) in [5, 5.41) is 2.92. The molecule has 13 heavy (non-hydrogen) atoms. The van der Waals surface area contributed by atoms with Gasteiger partial charge in [-0.15, -0.1) is 11.6 Å². The predicted octanol–water partition coefficient (Wildman–Crippen LogP) is 2.29. The number of hydrogen-bond acceptors (Lipinski definition) is 1. The van der Waals surface area contributed by atoms with Gasteiger partial charge in [0, 0.05) is 30.6 Å². The van der Waals surface area contributed by atoms with E-state index in [1.807, 2.05) is 0 Å². The molecule has 0 saturated carbocycles. The van der Waals surface area contributed by atoms with Crippen LogP contribution in [0.15, 0.2) is 18.2 Å². The van der Waals surface area contributed by atoms with Crippen LogP contribution < -0.4 is 5.32 Å². The third kappa shape index (κ3) is 3.28. The highest BCUT2D eigenvalue weighted by Crippen LogP contribution is 2.08. The van der Waals surface area contributed by atoms with Gasteiger partial charge in [-0.05, 0) is 6.07 Å². The van der Waals surface area contributed by atoms with E-state index >= 15 is 0 Å². The molecule has 0 aliphatic rings. The number of hydrogen-bond donors (Lipinski definition) is 1. The van der Waals surface area contributed by atoms with Gasteiger partial charge < -0.3 is 5.32 Å². The maximum Gasteiger partial charge on any atom is 0.130 e. The largest absolute Gasteiger partial charge is 0.311 e. The predicted molar refractivity (Wildman–Crippen MR) is 48.8 cm³/mol. The summed E-state index contributed by atoms with van der Waals surface area (Å²) in [5.41, 5.74) is 0.450. The second-order valence-corrected chi connectivity index (χ2v) is 2.98. The van der Waals surface area contributed by atoms with Gasteiger partial charge in [-0.25, -0.2) is 8.78 Å². The van der Waals surface area contributed by atoms with Gasteiger partial charge in [0.1, 0.15) is 11.6 Å². The van der Waals surface area contributed by atoms with E-state index in [4.69, 9.17) is 11.6 Å². The smallest absolute Gasteiger partial charge is 0.130 e. The Kier molecular flexibility index (Phi) is 4.12. The second-order valence-electron chi connectivity index (χ2n) is 2.60. The van der Waals surface area contributed by atoms with E-state index in [1.54, 1.807) is 0 Å². The summed E-state index contributed by atoms with van der Waals surface area (Å²) < 4.78 is 25.4. The molecule has 1 nitrogen and oxygen atoms in total. The molecule has 1 N–H and O–H groups in total. The molecular formula is C9H10ClF2N. The minimum Gasteiger partial charge on any atom is -0.311 e. The number of benzene rings is 1. The van der Waals surface area contributed by atoms with Gasteiger partial charge in [-0.3, -0.25) is 0 Å². The van der Waals surface area contributed by atoms with Crippen LogP contribution in [0.4, 0.5) is 8.78 Å². The molecule has 72 valence electrons. The van der Waals surface area contributed by atoms with Crippen LogP contribution in [0.3, 0.4) is 0 Å². The first kappa shape index (κ1) is 10.4. The molecule has 1 rings (SSSR count). The zero-order chi connectivity index (χ0) is 9.68. The number of rotatable bonds is 4. The molecule has 1 aromatic rings. The lowest BCUT2D eigenvalue weighted by molar-refractivity contribution is 0.563. The number of halogens is 3. The van der Waals surface area contributed by atoms with Crippen LogP contribution in [0.2, 0.25) is 0 Å². The summed E-state index contributed by atoms with van der Waals surface area (Å²) in [5.74, 6) is -0.608. The lowest BCUT2D eigenvalue weighted by Gasteiger charge is -2.03. The SMILES string of the molecule is Fc1ccc(CNCCCl)c(F)c1. The molecule has 0 spiro atoms. The highest BCUT2D eigenvalue weighted by atomic mass is 35.5. The molecular weight excluding hydrogens is 196 g/mol. The molecule has 0 radical (unpaired) electrons. The van der Waals surface area contributed by atoms with Gasteiger partial charge >= 0.3 is 0 Å². The van der Waals surface area contributed by atoms with Crippen molar-refractivity contribution >= 4 is 11.6 Å². The molecule has 0 aliphatic heterocycles. The van der Waals surface area contributed by atoms with Crippen LogP contribution in [0.5, 0.6) is 0 Å². The van der Waals surface area contributed by atoms with E-state index in [2.05, 4.69) is 5.32 Å². The third-order valence-corrected chi connectivity index (χ3v) is 1.79. The molecule has 0 saturated heterocycles. The van der Waals surface area contributed by atoms with Crippen molar-refractivity contribution in [3.63, 3.8) is 0 Å². The molecule has 0 bridgehead atoms. The van der Waals surface area contributed by atoms with Crippen molar-refractivity contribution in [2.75, 3.05) is 12.4 Å². The fourth-order valence-electron chi connectivity index (χ4n) is 0.955. The molecule has 0 unspecified atom stereocenters. The van der Waals surface area contributed by atoms with E-state index in [0.717, 1.165) is 6.07 Å². The average Bonchev–Trinajstić information content (AvgIpc) is 2.09. The molecule has 0 amide bonds. The molecule has 4 heteroatoms. The Hall–Kier alpha value is -0.670. The molecule has 0 aliphatic carbocycles. The van der Waals surface area contributed by atoms with Gasteiger partial charge in [0.25, 0.3) is 0 Å². The van der Waals surface area contributed by atoms with Crippen LogP contribution in [0.25, 0.3) is 0 Å². The van der Waals surface area contributed by atoms with Crippen molar-refractivity contribution in [2.45, 2.75) is 6.54 Å². The Labute approximate surface area is 80.7 Å². The first-order valence-electron chi connectivity index (χ1n) is 3.94. The van der Waals surface area contributed by atoms with E-state index in [1.165, 1.54) is 12.1 Å². The zero-order valence-electron chi connectivity index (χ0n) is 6.99. The van der Waals surface area contributed by atoms with Crippen molar-refractivity contribution < 1.29 is 8.78 Å². The van der Waals surface area contributed by atoms with Crippen LogP contribution in [0, 0.1) is 11.6 Å². The Bertz CT molecular complexity index is 278. The van der Waals surface area contributed by atoms with Crippen molar-refractivity contribution in [3.8, 4) is 0 Å². The highest BCUT2D eigenvalue weighted by molar-refractivity contribution is 6.18. The fraction of sp³-hybridized carbons (Fsp3) is 0.333. The third-order valence-electron chi connectivity index (χ3n) is 1.60. The first-order chi connectivity index (χ1) is 6.24. The van der Waals surface area contributed by atoms with Gasteiger partial charge in [0.15, 0.2) is 0 Å². The van der Waals surface area contributed by atoms with Crippen molar-refractivity contribution in [1.29, 1.82) is 0 Å². The zero-order valence-corrected chi connectivity index (χ0v) is 7.74. The lowest BCUT2D eigenvalue weighted by Crippen LogP contribution is -2.16. The number of alkyl halides is 1. The minimum atomic E-state index is -0.557. The van der Waals surface area contributed by atoms with E-state index in [0.29, 0.717) is 24.5 Å². The summed E-state index contributed by atoms with van der Waals surface area (Å²) >= 11 is 5.42. The summed E-state index contributed by atoms with van der Waals surface area (Å²) in [6.45, 7) is 0.983. The van der Waals surface area contributed by atoms with Crippen LogP contribution in [-0.4, -0.2) is 12.4 Å². The van der Waals surface area contributed by atoms with Crippen LogP contribution >= 0.6 is 11.6 Å². The summed E-state index contributed by atoms with van der Waals surface area (Å²) in [4.78, 5) is 0. The first-order valence-corrected chi connectivity index (χ1v) is 4.48. The normalized spacial score (nSPS) is 10.4. The Morgan fingerprint density at radius 2 is 2.08 bits per heavy atom. The van der Waals surface area contributed by atoms with E-state index in [-0.39, 0.29) is 0 Å². The molecule has 0 atom stereocenters. The highest BCUT2D eigenvalue weighted by Gasteiger charge is 2.02. The lowest BCUT2D eigenvalue weighted by atomic mass is 10.2. The average molecular weight is 206 g/mol. The monoisotopic (exact) mass is 205 g/mol. The molecule has 1 aromatic carbocycles. The van der Waals surface area contributed by atoms with Gasteiger partial charge in [0.05, 0.1) is 0 Å². The summed E-state index contributed by atoms with van der Waals surface area (Å²) in [6.07, 6.45) is 0. The van der Waals surface area contributed by atoms with Crippen molar-refractivity contribution in [1.82, 2.24) is 5.32 Å². The second kappa shape index (κ2) is 5.14. The van der Waals surface area contributed by atoms with Crippen LogP contribution in [-0.2, 0) is 6.54 Å². The Morgan fingerprint density at radius 3 is 2.69 bits per heavy atom. The van der Waals surface area contributed by atoms with E-state index < -0.39 is 11.6 Å². The quantitative estimate of drug-likeness (QED) is 0.588.